The number of amides is 1. The van der Waals surface area contributed by atoms with Crippen LogP contribution in [0.2, 0.25) is 0 Å². The predicted octanol–water partition coefficient (Wildman–Crippen LogP) is 1.53. The van der Waals surface area contributed by atoms with Crippen LogP contribution in [0.25, 0.3) is 6.08 Å². The van der Waals surface area contributed by atoms with Crippen molar-refractivity contribution in [3.63, 3.8) is 0 Å². The van der Waals surface area contributed by atoms with Gasteiger partial charge in [0.05, 0.1) is 0 Å². The average Bonchev–Trinajstić information content (AvgIpc) is 2.27. The van der Waals surface area contributed by atoms with Gasteiger partial charge in [0, 0.05) is 18.2 Å². The van der Waals surface area contributed by atoms with Crippen molar-refractivity contribution in [1.29, 1.82) is 0 Å². The van der Waals surface area contributed by atoms with E-state index in [-0.39, 0.29) is 5.91 Å². The van der Waals surface area contributed by atoms with E-state index < -0.39 is 5.97 Å². The number of carboxylic acids is 1. The highest BCUT2D eigenvalue weighted by molar-refractivity contribution is 5.95. The van der Waals surface area contributed by atoms with E-state index in [4.69, 9.17) is 5.11 Å². The summed E-state index contributed by atoms with van der Waals surface area (Å²) in [5.74, 6) is -1.17. The fraction of sp³-hybridized carbons (Fsp3) is 0.167. The Hall–Kier alpha value is -2.10. The quantitative estimate of drug-likeness (QED) is 0.755. The van der Waals surface area contributed by atoms with Crippen molar-refractivity contribution in [3.8, 4) is 0 Å². The predicted molar refractivity (Wildman–Crippen MR) is 61.1 cm³/mol. The van der Waals surface area contributed by atoms with Gasteiger partial charge >= 0.3 is 5.97 Å². The molecule has 1 aromatic rings. The Kier molecular flexibility index (Phi) is 4.27. The lowest BCUT2D eigenvalue weighted by Crippen LogP contribution is -2.22. The number of carbonyl (C=O) groups excluding carboxylic acids is 1. The van der Waals surface area contributed by atoms with Crippen molar-refractivity contribution < 1.29 is 14.7 Å². The largest absolute Gasteiger partial charge is 0.478 e. The van der Waals surface area contributed by atoms with Gasteiger partial charge in [0.15, 0.2) is 0 Å². The van der Waals surface area contributed by atoms with Crippen LogP contribution in [0, 0.1) is 0 Å². The fourth-order valence-electron chi connectivity index (χ4n) is 1.21. The Bertz CT molecular complexity index is 424. The van der Waals surface area contributed by atoms with Crippen molar-refractivity contribution in [2.75, 3.05) is 6.54 Å². The van der Waals surface area contributed by atoms with E-state index >= 15 is 0 Å². The number of hydrogen-bond donors (Lipinski definition) is 2. The number of carbonyl (C=O) groups is 2. The fourth-order valence-corrected chi connectivity index (χ4v) is 1.21. The number of carboxylic acid groups (broad SMARTS) is 1. The zero-order chi connectivity index (χ0) is 12.0. The van der Waals surface area contributed by atoms with Crippen LogP contribution in [-0.4, -0.2) is 23.5 Å². The maximum atomic E-state index is 11.5. The first kappa shape index (κ1) is 12.0. The van der Waals surface area contributed by atoms with Gasteiger partial charge in [0.2, 0.25) is 0 Å². The summed E-state index contributed by atoms with van der Waals surface area (Å²) in [6.07, 6.45) is 2.49. The first-order chi connectivity index (χ1) is 7.63. The molecule has 0 spiro atoms. The molecule has 0 heterocycles. The Morgan fingerprint density at radius 2 is 2.19 bits per heavy atom. The molecule has 0 bridgehead atoms. The number of nitrogens with one attached hydrogen (secondary N) is 1. The summed E-state index contributed by atoms with van der Waals surface area (Å²) in [5, 5.41) is 11.1. The van der Waals surface area contributed by atoms with Gasteiger partial charge in [-0.1, -0.05) is 12.1 Å². The average molecular weight is 219 g/mol. The third kappa shape index (κ3) is 3.57. The van der Waals surface area contributed by atoms with Crippen LogP contribution >= 0.6 is 0 Å². The molecule has 0 aliphatic carbocycles. The normalized spacial score (nSPS) is 10.3. The Labute approximate surface area is 93.6 Å². The maximum absolute atomic E-state index is 11.5. The summed E-state index contributed by atoms with van der Waals surface area (Å²) in [7, 11) is 0. The van der Waals surface area contributed by atoms with E-state index in [0.717, 1.165) is 6.08 Å². The number of rotatable bonds is 4. The molecule has 1 amide bonds. The van der Waals surface area contributed by atoms with E-state index in [9.17, 15) is 9.59 Å². The minimum Gasteiger partial charge on any atom is -0.478 e. The van der Waals surface area contributed by atoms with E-state index in [0.29, 0.717) is 17.7 Å². The second-order valence-corrected chi connectivity index (χ2v) is 3.16. The van der Waals surface area contributed by atoms with Gasteiger partial charge in [-0.25, -0.2) is 4.79 Å². The maximum Gasteiger partial charge on any atom is 0.328 e. The van der Waals surface area contributed by atoms with Crippen LogP contribution < -0.4 is 5.32 Å². The third-order valence-corrected chi connectivity index (χ3v) is 1.90. The molecule has 84 valence electrons. The smallest absolute Gasteiger partial charge is 0.328 e. The van der Waals surface area contributed by atoms with Gasteiger partial charge in [-0.2, -0.15) is 0 Å². The molecule has 0 unspecified atom stereocenters. The van der Waals surface area contributed by atoms with Gasteiger partial charge in [-0.05, 0) is 30.7 Å². The highest BCUT2D eigenvalue weighted by Gasteiger charge is 2.03. The van der Waals surface area contributed by atoms with E-state index in [1.165, 1.54) is 6.08 Å². The molecule has 0 aliphatic heterocycles. The minimum atomic E-state index is -1.01. The van der Waals surface area contributed by atoms with Gasteiger partial charge in [-0.15, -0.1) is 0 Å². The molecule has 0 saturated carbocycles. The van der Waals surface area contributed by atoms with Gasteiger partial charge in [-0.3, -0.25) is 4.79 Å². The second kappa shape index (κ2) is 5.70. The molecule has 0 aromatic heterocycles. The molecule has 0 saturated heterocycles. The Morgan fingerprint density at radius 1 is 1.44 bits per heavy atom. The van der Waals surface area contributed by atoms with Crippen LogP contribution in [0.3, 0.4) is 0 Å². The van der Waals surface area contributed by atoms with Crippen molar-refractivity contribution >= 4 is 18.0 Å². The van der Waals surface area contributed by atoms with Crippen LogP contribution in [0.4, 0.5) is 0 Å². The molecule has 16 heavy (non-hydrogen) atoms. The lowest BCUT2D eigenvalue weighted by atomic mass is 10.1. The summed E-state index contributed by atoms with van der Waals surface area (Å²) in [6, 6.07) is 6.78. The van der Waals surface area contributed by atoms with Crippen LogP contribution in [0.1, 0.15) is 22.8 Å². The van der Waals surface area contributed by atoms with Gasteiger partial charge < -0.3 is 10.4 Å². The zero-order valence-corrected chi connectivity index (χ0v) is 8.93. The van der Waals surface area contributed by atoms with Gasteiger partial charge in [0.1, 0.15) is 0 Å². The lowest BCUT2D eigenvalue weighted by molar-refractivity contribution is -0.131. The summed E-state index contributed by atoms with van der Waals surface area (Å²) in [5.41, 5.74) is 1.21. The summed E-state index contributed by atoms with van der Waals surface area (Å²) in [4.78, 5) is 21.8. The SMILES string of the molecule is CCNC(=O)c1cccc(C=CC(=O)O)c1. The van der Waals surface area contributed by atoms with E-state index in [1.807, 2.05) is 6.92 Å². The molecule has 1 rings (SSSR count). The summed E-state index contributed by atoms with van der Waals surface area (Å²) >= 11 is 0. The molecule has 1 aromatic carbocycles. The first-order valence-corrected chi connectivity index (χ1v) is 4.92. The lowest BCUT2D eigenvalue weighted by Gasteiger charge is -2.02. The minimum absolute atomic E-state index is 0.159. The standard InChI is InChI=1S/C12H13NO3/c1-2-13-12(16)10-5-3-4-9(8-10)6-7-11(14)15/h3-8H,2H2,1H3,(H,13,16)(H,14,15). The molecular weight excluding hydrogens is 206 g/mol. The first-order valence-electron chi connectivity index (χ1n) is 4.92. The molecule has 0 radical (unpaired) electrons. The third-order valence-electron chi connectivity index (χ3n) is 1.90. The van der Waals surface area contributed by atoms with Gasteiger partial charge in [0.25, 0.3) is 5.91 Å². The van der Waals surface area contributed by atoms with Crippen molar-refractivity contribution in [2.45, 2.75) is 6.92 Å². The summed E-state index contributed by atoms with van der Waals surface area (Å²) in [6.45, 7) is 2.40. The van der Waals surface area contributed by atoms with Crippen LogP contribution in [0.5, 0.6) is 0 Å². The molecule has 0 fully saturated rings. The summed E-state index contributed by atoms with van der Waals surface area (Å²) < 4.78 is 0. The zero-order valence-electron chi connectivity index (χ0n) is 8.93. The monoisotopic (exact) mass is 219 g/mol. The van der Waals surface area contributed by atoms with Crippen molar-refractivity contribution in [2.24, 2.45) is 0 Å². The van der Waals surface area contributed by atoms with Crippen LogP contribution in [0.15, 0.2) is 30.3 Å². The number of aliphatic carboxylic acids is 1. The molecule has 4 nitrogen and oxygen atoms in total. The Balaban J connectivity index is 2.86. The Morgan fingerprint density at radius 3 is 2.81 bits per heavy atom. The molecule has 0 atom stereocenters. The number of hydrogen-bond acceptors (Lipinski definition) is 2. The van der Waals surface area contributed by atoms with Crippen molar-refractivity contribution in [1.82, 2.24) is 5.32 Å². The number of benzene rings is 1. The van der Waals surface area contributed by atoms with E-state index in [1.54, 1.807) is 24.3 Å². The molecule has 4 heteroatoms. The molecule has 2 N–H and O–H groups in total. The highest BCUT2D eigenvalue weighted by Crippen LogP contribution is 2.07. The topological polar surface area (TPSA) is 66.4 Å². The molecule has 0 aliphatic rings. The van der Waals surface area contributed by atoms with Crippen molar-refractivity contribution in [3.05, 3.63) is 41.5 Å². The van der Waals surface area contributed by atoms with E-state index in [2.05, 4.69) is 5.32 Å². The molecular formula is C12H13NO3. The highest BCUT2D eigenvalue weighted by atomic mass is 16.4. The van der Waals surface area contributed by atoms with Crippen LogP contribution in [-0.2, 0) is 4.79 Å². The second-order valence-electron chi connectivity index (χ2n) is 3.16.